The predicted octanol–water partition coefficient (Wildman–Crippen LogP) is 2.25. The Morgan fingerprint density at radius 2 is 2.20 bits per heavy atom. The highest BCUT2D eigenvalue weighted by molar-refractivity contribution is 8.00. The molecule has 116 valence electrons. The van der Waals surface area contributed by atoms with Crippen molar-refractivity contribution < 1.29 is 4.74 Å². The Kier molecular flexibility index (Phi) is 6.49. The first kappa shape index (κ1) is 16.0. The molecule has 1 saturated carbocycles. The molecule has 0 bridgehead atoms. The van der Waals surface area contributed by atoms with E-state index in [1.165, 1.54) is 37.9 Å². The van der Waals surface area contributed by atoms with Gasteiger partial charge < -0.3 is 15.4 Å². The molecule has 2 fully saturated rings. The van der Waals surface area contributed by atoms with Crippen LogP contribution in [0, 0.1) is 5.41 Å². The number of ether oxygens (including phenoxy) is 1. The van der Waals surface area contributed by atoms with E-state index in [-0.39, 0.29) is 0 Å². The van der Waals surface area contributed by atoms with Crippen molar-refractivity contribution in [2.45, 2.75) is 43.8 Å². The molecule has 2 aliphatic rings. The van der Waals surface area contributed by atoms with E-state index in [1.807, 2.05) is 7.05 Å². The summed E-state index contributed by atoms with van der Waals surface area (Å²) in [5.41, 5.74) is 0.440. The number of aliphatic imine (C=N–C) groups is 1. The molecule has 4 nitrogen and oxygen atoms in total. The molecule has 5 heteroatoms. The normalized spacial score (nSPS) is 25.3. The highest BCUT2D eigenvalue weighted by atomic mass is 32.2. The van der Waals surface area contributed by atoms with Crippen molar-refractivity contribution in [2.24, 2.45) is 10.4 Å². The van der Waals surface area contributed by atoms with Crippen molar-refractivity contribution in [3.05, 3.63) is 0 Å². The Labute approximate surface area is 127 Å². The third kappa shape index (κ3) is 4.55. The van der Waals surface area contributed by atoms with Crippen LogP contribution in [0.15, 0.2) is 4.99 Å². The SMILES string of the molecule is CN=C(NCC1CCCS1)NCC1(CCOC)CCC1. The van der Waals surface area contributed by atoms with E-state index in [1.54, 1.807) is 7.11 Å². The Hall–Kier alpha value is -0.420. The number of thioether (sulfide) groups is 1. The van der Waals surface area contributed by atoms with Crippen LogP contribution in [0.4, 0.5) is 0 Å². The van der Waals surface area contributed by atoms with Crippen molar-refractivity contribution in [1.29, 1.82) is 0 Å². The second-order valence-electron chi connectivity index (χ2n) is 6.04. The quantitative estimate of drug-likeness (QED) is 0.559. The lowest BCUT2D eigenvalue weighted by Gasteiger charge is -2.42. The van der Waals surface area contributed by atoms with Crippen molar-refractivity contribution in [2.75, 3.05) is 39.6 Å². The molecular formula is C15H29N3OS. The molecular weight excluding hydrogens is 270 g/mol. The molecule has 20 heavy (non-hydrogen) atoms. The second-order valence-corrected chi connectivity index (χ2v) is 7.45. The first-order chi connectivity index (χ1) is 9.78. The van der Waals surface area contributed by atoms with E-state index < -0.39 is 0 Å². The van der Waals surface area contributed by atoms with Crippen molar-refractivity contribution in [1.82, 2.24) is 10.6 Å². The number of hydrogen-bond donors (Lipinski definition) is 2. The number of methoxy groups -OCH3 is 1. The summed E-state index contributed by atoms with van der Waals surface area (Å²) in [6.45, 7) is 2.93. The first-order valence-electron chi connectivity index (χ1n) is 7.83. The van der Waals surface area contributed by atoms with E-state index in [0.717, 1.165) is 37.3 Å². The largest absolute Gasteiger partial charge is 0.385 e. The predicted molar refractivity (Wildman–Crippen MR) is 87.6 cm³/mol. The summed E-state index contributed by atoms with van der Waals surface area (Å²) in [5.74, 6) is 2.28. The Morgan fingerprint density at radius 1 is 1.35 bits per heavy atom. The fourth-order valence-electron chi connectivity index (χ4n) is 3.02. The van der Waals surface area contributed by atoms with Crippen LogP contribution in [0.1, 0.15) is 38.5 Å². The van der Waals surface area contributed by atoms with Gasteiger partial charge >= 0.3 is 0 Å². The number of hydrogen-bond acceptors (Lipinski definition) is 3. The lowest BCUT2D eigenvalue weighted by atomic mass is 9.67. The molecule has 2 rings (SSSR count). The average Bonchev–Trinajstić information content (AvgIpc) is 2.93. The maximum absolute atomic E-state index is 5.24. The standard InChI is InChI=1S/C15H29N3OS/c1-16-14(17-11-13-5-3-10-20-13)18-12-15(6-4-7-15)8-9-19-2/h13H,3-12H2,1-2H3,(H2,16,17,18). The topological polar surface area (TPSA) is 45.7 Å². The first-order valence-corrected chi connectivity index (χ1v) is 8.88. The summed E-state index contributed by atoms with van der Waals surface area (Å²) >= 11 is 2.08. The molecule has 1 saturated heterocycles. The van der Waals surface area contributed by atoms with Gasteiger partial charge in [-0.2, -0.15) is 11.8 Å². The molecule has 2 N–H and O–H groups in total. The highest BCUT2D eigenvalue weighted by Crippen LogP contribution is 2.43. The molecule has 0 aromatic rings. The van der Waals surface area contributed by atoms with Gasteiger partial charge in [-0.25, -0.2) is 0 Å². The van der Waals surface area contributed by atoms with Crippen LogP contribution in [0.25, 0.3) is 0 Å². The number of nitrogens with zero attached hydrogens (tertiary/aromatic N) is 1. The Morgan fingerprint density at radius 3 is 2.75 bits per heavy atom. The van der Waals surface area contributed by atoms with Crippen molar-refractivity contribution >= 4 is 17.7 Å². The van der Waals surface area contributed by atoms with E-state index in [2.05, 4.69) is 27.4 Å². The fraction of sp³-hybridized carbons (Fsp3) is 0.933. The molecule has 0 amide bonds. The maximum Gasteiger partial charge on any atom is 0.191 e. The monoisotopic (exact) mass is 299 g/mol. The van der Waals surface area contributed by atoms with Crippen LogP contribution < -0.4 is 10.6 Å². The van der Waals surface area contributed by atoms with E-state index in [9.17, 15) is 0 Å². The third-order valence-electron chi connectivity index (χ3n) is 4.63. The number of guanidine groups is 1. The van der Waals surface area contributed by atoms with Crippen LogP contribution >= 0.6 is 11.8 Å². The number of rotatable bonds is 7. The lowest BCUT2D eigenvalue weighted by molar-refractivity contribution is 0.0732. The zero-order valence-electron chi connectivity index (χ0n) is 12.9. The van der Waals surface area contributed by atoms with Gasteiger partial charge in [0, 0.05) is 39.1 Å². The zero-order chi connectivity index (χ0) is 14.3. The summed E-state index contributed by atoms with van der Waals surface area (Å²) in [7, 11) is 3.65. The summed E-state index contributed by atoms with van der Waals surface area (Å²) in [4.78, 5) is 4.34. The van der Waals surface area contributed by atoms with Crippen LogP contribution in [0.2, 0.25) is 0 Å². The zero-order valence-corrected chi connectivity index (χ0v) is 13.7. The van der Waals surface area contributed by atoms with Crippen LogP contribution in [0.3, 0.4) is 0 Å². The van der Waals surface area contributed by atoms with E-state index in [0.29, 0.717) is 5.41 Å². The van der Waals surface area contributed by atoms with Gasteiger partial charge in [-0.1, -0.05) is 6.42 Å². The molecule has 0 aromatic heterocycles. The van der Waals surface area contributed by atoms with Crippen LogP contribution in [0.5, 0.6) is 0 Å². The summed E-state index contributed by atoms with van der Waals surface area (Å²) < 4.78 is 5.24. The molecule has 1 heterocycles. The summed E-state index contributed by atoms with van der Waals surface area (Å²) in [5, 5.41) is 7.76. The smallest absolute Gasteiger partial charge is 0.191 e. The van der Waals surface area contributed by atoms with Gasteiger partial charge in [0.2, 0.25) is 0 Å². The van der Waals surface area contributed by atoms with Gasteiger partial charge in [0.15, 0.2) is 5.96 Å². The van der Waals surface area contributed by atoms with Gasteiger partial charge in [0.1, 0.15) is 0 Å². The van der Waals surface area contributed by atoms with Gasteiger partial charge in [-0.3, -0.25) is 4.99 Å². The fourth-order valence-corrected chi connectivity index (χ4v) is 4.22. The molecule has 1 unspecified atom stereocenters. The molecule has 0 radical (unpaired) electrons. The minimum Gasteiger partial charge on any atom is -0.385 e. The highest BCUT2D eigenvalue weighted by Gasteiger charge is 2.36. The molecule has 0 spiro atoms. The van der Waals surface area contributed by atoms with Crippen LogP contribution in [-0.4, -0.2) is 50.8 Å². The molecule has 1 aliphatic heterocycles. The average molecular weight is 299 g/mol. The molecule has 1 atom stereocenters. The minimum atomic E-state index is 0.440. The lowest BCUT2D eigenvalue weighted by Crippen LogP contribution is -2.47. The molecule has 0 aromatic carbocycles. The summed E-state index contributed by atoms with van der Waals surface area (Å²) in [6, 6.07) is 0. The van der Waals surface area contributed by atoms with Gasteiger partial charge in [-0.05, 0) is 43.3 Å². The van der Waals surface area contributed by atoms with Crippen molar-refractivity contribution in [3.8, 4) is 0 Å². The molecule has 1 aliphatic carbocycles. The van der Waals surface area contributed by atoms with Crippen LogP contribution in [-0.2, 0) is 4.74 Å². The summed E-state index contributed by atoms with van der Waals surface area (Å²) in [6.07, 6.45) is 7.86. The maximum atomic E-state index is 5.24. The number of nitrogens with one attached hydrogen (secondary N) is 2. The van der Waals surface area contributed by atoms with Gasteiger partial charge in [-0.15, -0.1) is 0 Å². The van der Waals surface area contributed by atoms with Crippen molar-refractivity contribution in [3.63, 3.8) is 0 Å². The van der Waals surface area contributed by atoms with E-state index >= 15 is 0 Å². The minimum absolute atomic E-state index is 0.440. The Balaban J connectivity index is 1.69. The van der Waals surface area contributed by atoms with Gasteiger partial charge in [0.05, 0.1) is 0 Å². The third-order valence-corrected chi connectivity index (χ3v) is 6.02. The van der Waals surface area contributed by atoms with E-state index in [4.69, 9.17) is 4.74 Å². The Bertz CT molecular complexity index is 312. The van der Waals surface area contributed by atoms with Gasteiger partial charge in [0.25, 0.3) is 0 Å². The second kappa shape index (κ2) is 8.13.